The topological polar surface area (TPSA) is 53.6 Å². The summed E-state index contributed by atoms with van der Waals surface area (Å²) < 4.78 is 0. The van der Waals surface area contributed by atoms with Gasteiger partial charge >= 0.3 is 0 Å². The molecule has 0 saturated carbocycles. The van der Waals surface area contributed by atoms with Crippen molar-refractivity contribution in [2.75, 3.05) is 13.1 Å². The summed E-state index contributed by atoms with van der Waals surface area (Å²) >= 11 is 0. The van der Waals surface area contributed by atoms with Crippen molar-refractivity contribution < 1.29 is 0 Å². The fourth-order valence-electron chi connectivity index (χ4n) is 3.14. The van der Waals surface area contributed by atoms with Crippen molar-refractivity contribution in [3.05, 3.63) is 48.5 Å². The van der Waals surface area contributed by atoms with Crippen molar-refractivity contribution in [2.45, 2.75) is 18.8 Å². The highest BCUT2D eigenvalue weighted by Gasteiger charge is 2.16. The first-order valence-electron chi connectivity index (χ1n) is 7.51. The minimum atomic E-state index is 0.602. The molecule has 0 atom stereocenters. The van der Waals surface area contributed by atoms with Gasteiger partial charge in [0.1, 0.15) is 5.65 Å². The number of hydrogen-bond donors (Lipinski definition) is 2. The number of hydrogen-bond acceptors (Lipinski definition) is 3. The van der Waals surface area contributed by atoms with E-state index in [1.165, 1.54) is 24.1 Å². The number of aromatic amines is 1. The molecular formula is C17H18N4. The Morgan fingerprint density at radius 2 is 1.90 bits per heavy atom. The van der Waals surface area contributed by atoms with Gasteiger partial charge in [-0.25, -0.2) is 4.98 Å². The zero-order chi connectivity index (χ0) is 14.1. The van der Waals surface area contributed by atoms with Crippen LogP contribution in [0.25, 0.3) is 22.2 Å². The maximum Gasteiger partial charge on any atom is 0.137 e. The number of aromatic nitrogens is 3. The number of fused-ring (bicyclic) bond motifs is 1. The predicted molar refractivity (Wildman–Crippen MR) is 84.2 cm³/mol. The molecule has 4 heterocycles. The first-order chi connectivity index (χ1) is 10.4. The van der Waals surface area contributed by atoms with E-state index in [4.69, 9.17) is 4.98 Å². The van der Waals surface area contributed by atoms with Crippen LogP contribution >= 0.6 is 0 Å². The smallest absolute Gasteiger partial charge is 0.137 e. The molecule has 0 bridgehead atoms. The molecular weight excluding hydrogens is 260 g/mol. The van der Waals surface area contributed by atoms with Crippen LogP contribution < -0.4 is 5.32 Å². The van der Waals surface area contributed by atoms with Gasteiger partial charge < -0.3 is 10.3 Å². The van der Waals surface area contributed by atoms with E-state index in [-0.39, 0.29) is 0 Å². The Bertz CT molecular complexity index is 739. The van der Waals surface area contributed by atoms with Crippen LogP contribution in [-0.4, -0.2) is 28.0 Å². The van der Waals surface area contributed by atoms with E-state index >= 15 is 0 Å². The molecule has 1 aliphatic rings. The molecule has 0 radical (unpaired) electrons. The van der Waals surface area contributed by atoms with Crippen molar-refractivity contribution in [3.63, 3.8) is 0 Å². The van der Waals surface area contributed by atoms with Crippen LogP contribution in [0.5, 0.6) is 0 Å². The fraction of sp³-hybridized carbons (Fsp3) is 0.294. The molecule has 0 aromatic carbocycles. The lowest BCUT2D eigenvalue weighted by atomic mass is 9.93. The lowest BCUT2D eigenvalue weighted by molar-refractivity contribution is 0.453. The second-order valence-corrected chi connectivity index (χ2v) is 5.59. The highest BCUT2D eigenvalue weighted by atomic mass is 14.9. The number of rotatable bonds is 2. The quantitative estimate of drug-likeness (QED) is 0.757. The van der Waals surface area contributed by atoms with Gasteiger partial charge in [0.25, 0.3) is 0 Å². The van der Waals surface area contributed by atoms with Crippen LogP contribution in [0.2, 0.25) is 0 Å². The molecule has 4 heteroatoms. The number of piperidine rings is 1. The third-order valence-corrected chi connectivity index (χ3v) is 4.31. The third-order valence-electron chi connectivity index (χ3n) is 4.31. The van der Waals surface area contributed by atoms with Gasteiger partial charge in [-0.1, -0.05) is 6.07 Å². The summed E-state index contributed by atoms with van der Waals surface area (Å²) in [4.78, 5) is 12.2. The summed E-state index contributed by atoms with van der Waals surface area (Å²) in [6.45, 7) is 2.20. The second-order valence-electron chi connectivity index (χ2n) is 5.59. The Hall–Kier alpha value is -2.20. The SMILES string of the molecule is c1cc(-c2ccc(C3CCNCC3)nc2)c2cc[nH]c2n1. The van der Waals surface area contributed by atoms with Gasteiger partial charge in [0.05, 0.1) is 0 Å². The summed E-state index contributed by atoms with van der Waals surface area (Å²) in [5.41, 5.74) is 4.49. The molecule has 0 spiro atoms. The highest BCUT2D eigenvalue weighted by Crippen LogP contribution is 2.29. The van der Waals surface area contributed by atoms with E-state index in [1.54, 1.807) is 0 Å². The van der Waals surface area contributed by atoms with Crippen LogP contribution in [0.1, 0.15) is 24.5 Å². The Morgan fingerprint density at radius 1 is 1.00 bits per heavy atom. The van der Waals surface area contributed by atoms with Crippen LogP contribution in [-0.2, 0) is 0 Å². The molecule has 0 aliphatic carbocycles. The molecule has 4 nitrogen and oxygen atoms in total. The van der Waals surface area contributed by atoms with Crippen molar-refractivity contribution in [1.29, 1.82) is 0 Å². The Labute approximate surface area is 123 Å². The molecule has 2 N–H and O–H groups in total. The Kier molecular flexibility index (Phi) is 3.16. The van der Waals surface area contributed by atoms with E-state index in [9.17, 15) is 0 Å². The number of nitrogens with zero attached hydrogens (tertiary/aromatic N) is 2. The predicted octanol–water partition coefficient (Wildman–Crippen LogP) is 3.09. The molecule has 1 fully saturated rings. The van der Waals surface area contributed by atoms with Crippen LogP contribution in [0, 0.1) is 0 Å². The Morgan fingerprint density at radius 3 is 2.71 bits per heavy atom. The van der Waals surface area contributed by atoms with Crippen LogP contribution in [0.4, 0.5) is 0 Å². The zero-order valence-corrected chi connectivity index (χ0v) is 11.8. The number of pyridine rings is 2. The van der Waals surface area contributed by atoms with Gasteiger partial charge in [0.15, 0.2) is 0 Å². The van der Waals surface area contributed by atoms with Crippen molar-refractivity contribution >= 4 is 11.0 Å². The number of H-pyrrole nitrogens is 1. The number of nitrogens with one attached hydrogen (secondary N) is 2. The van der Waals surface area contributed by atoms with Gasteiger partial charge in [0, 0.05) is 41.2 Å². The molecule has 21 heavy (non-hydrogen) atoms. The average Bonchev–Trinajstić information content (AvgIpc) is 3.04. The van der Waals surface area contributed by atoms with E-state index in [1.807, 2.05) is 18.6 Å². The summed E-state index contributed by atoms with van der Waals surface area (Å²) in [6, 6.07) is 8.49. The maximum atomic E-state index is 4.71. The summed E-state index contributed by atoms with van der Waals surface area (Å²) in [6.07, 6.45) is 8.14. The lowest BCUT2D eigenvalue weighted by Crippen LogP contribution is -2.26. The van der Waals surface area contributed by atoms with Crippen LogP contribution in [0.3, 0.4) is 0 Å². The van der Waals surface area contributed by atoms with Gasteiger partial charge in [-0.05, 0) is 49.7 Å². The highest BCUT2D eigenvalue weighted by molar-refractivity contribution is 5.92. The standard InChI is InChI=1S/C17H18N4/c1-2-16(12-3-7-18-8-4-12)21-11-13(1)14-5-9-19-17-15(14)6-10-20-17/h1-2,5-6,9-12,18H,3-4,7-8H2,(H,19,20). The van der Waals surface area contributed by atoms with Gasteiger partial charge in [0.2, 0.25) is 0 Å². The molecule has 0 amide bonds. The zero-order valence-electron chi connectivity index (χ0n) is 11.8. The third kappa shape index (κ3) is 2.32. The van der Waals surface area contributed by atoms with Gasteiger partial charge in [-0.15, -0.1) is 0 Å². The second kappa shape index (κ2) is 5.30. The van der Waals surface area contributed by atoms with E-state index in [0.717, 1.165) is 29.7 Å². The van der Waals surface area contributed by atoms with E-state index in [2.05, 4.69) is 39.6 Å². The fourth-order valence-corrected chi connectivity index (χ4v) is 3.14. The molecule has 1 saturated heterocycles. The largest absolute Gasteiger partial charge is 0.346 e. The normalized spacial score (nSPS) is 16.4. The maximum absolute atomic E-state index is 4.71. The van der Waals surface area contributed by atoms with Gasteiger partial charge in [-0.2, -0.15) is 0 Å². The monoisotopic (exact) mass is 278 g/mol. The lowest BCUT2D eigenvalue weighted by Gasteiger charge is -2.22. The van der Waals surface area contributed by atoms with E-state index < -0.39 is 0 Å². The Balaban J connectivity index is 1.68. The summed E-state index contributed by atoms with van der Waals surface area (Å²) in [5, 5.41) is 4.55. The summed E-state index contributed by atoms with van der Waals surface area (Å²) in [5.74, 6) is 0.602. The first-order valence-corrected chi connectivity index (χ1v) is 7.51. The van der Waals surface area contributed by atoms with Crippen molar-refractivity contribution in [1.82, 2.24) is 20.3 Å². The first kappa shape index (κ1) is 12.5. The minimum absolute atomic E-state index is 0.602. The van der Waals surface area contributed by atoms with Crippen molar-refractivity contribution in [3.8, 4) is 11.1 Å². The molecule has 3 aromatic heterocycles. The summed E-state index contributed by atoms with van der Waals surface area (Å²) in [7, 11) is 0. The van der Waals surface area contributed by atoms with Crippen molar-refractivity contribution in [2.24, 2.45) is 0 Å². The molecule has 1 aliphatic heterocycles. The van der Waals surface area contributed by atoms with E-state index in [0.29, 0.717) is 5.92 Å². The molecule has 106 valence electrons. The minimum Gasteiger partial charge on any atom is -0.346 e. The van der Waals surface area contributed by atoms with Gasteiger partial charge in [-0.3, -0.25) is 4.98 Å². The molecule has 4 rings (SSSR count). The average molecular weight is 278 g/mol. The molecule has 3 aromatic rings. The van der Waals surface area contributed by atoms with Crippen LogP contribution in [0.15, 0.2) is 42.9 Å². The molecule has 0 unspecified atom stereocenters.